The van der Waals surface area contributed by atoms with Crippen molar-refractivity contribution in [2.45, 2.75) is 25.0 Å². The van der Waals surface area contributed by atoms with Gasteiger partial charge in [-0.1, -0.05) is 76.6 Å². The molecule has 4 aromatic rings. The molecular weight excluding hydrogens is 527 g/mol. The van der Waals surface area contributed by atoms with E-state index in [9.17, 15) is 4.39 Å². The van der Waals surface area contributed by atoms with Crippen LogP contribution in [0.15, 0.2) is 113 Å². The second-order valence-electron chi connectivity index (χ2n) is 9.47. The quantitative estimate of drug-likeness (QED) is 0.191. The number of rotatable bonds is 6. The van der Waals surface area contributed by atoms with E-state index in [0.29, 0.717) is 23.1 Å². The largest absolute Gasteiger partial charge is 0.488 e. The summed E-state index contributed by atoms with van der Waals surface area (Å²) in [4.78, 5) is 4.71. The molecule has 0 amide bonds. The molecule has 0 aromatic heterocycles. The van der Waals surface area contributed by atoms with Crippen molar-refractivity contribution in [3.8, 4) is 5.75 Å². The van der Waals surface area contributed by atoms with E-state index in [0.717, 1.165) is 22.1 Å². The molecule has 6 rings (SSSR count). The van der Waals surface area contributed by atoms with Crippen LogP contribution in [-0.2, 0) is 6.61 Å². The number of allylic oxidation sites excluding steroid dienone is 2. The Morgan fingerprint density at radius 2 is 1.78 bits per heavy atom. The van der Waals surface area contributed by atoms with Gasteiger partial charge in [-0.3, -0.25) is 4.99 Å². The second kappa shape index (κ2) is 10.3. The third-order valence-corrected chi connectivity index (χ3v) is 7.68. The number of para-hydroxylation sites is 1. The lowest BCUT2D eigenvalue weighted by Crippen LogP contribution is -2.28. The molecule has 0 saturated carbocycles. The highest BCUT2D eigenvalue weighted by atomic mass is 79.9. The lowest BCUT2D eigenvalue weighted by molar-refractivity contribution is 0.299. The minimum absolute atomic E-state index is 0.151. The first-order chi connectivity index (χ1) is 18.2. The zero-order valence-electron chi connectivity index (χ0n) is 20.1. The normalized spacial score (nSPS) is 19.9. The van der Waals surface area contributed by atoms with E-state index in [1.54, 1.807) is 24.4 Å². The van der Waals surface area contributed by atoms with Crippen LogP contribution in [0.1, 0.15) is 40.6 Å². The van der Waals surface area contributed by atoms with Gasteiger partial charge in [0.15, 0.2) is 0 Å². The predicted octanol–water partition coefficient (Wildman–Crippen LogP) is 8.74. The zero-order valence-corrected chi connectivity index (χ0v) is 21.7. The fourth-order valence-corrected chi connectivity index (χ4v) is 5.69. The topological polar surface area (TPSA) is 33.6 Å². The highest BCUT2D eigenvalue weighted by Crippen LogP contribution is 2.49. The maximum atomic E-state index is 14.0. The van der Waals surface area contributed by atoms with E-state index < -0.39 is 0 Å². The summed E-state index contributed by atoms with van der Waals surface area (Å²) in [6.45, 7) is 0.151. The van der Waals surface area contributed by atoms with E-state index in [2.05, 4.69) is 81.9 Å². The standard InChI is InChI=1S/C32H26BrFN2O/c33-24-14-17-31(37-20-22-6-1-3-10-29(22)34)23(18-24)19-35-25-15-12-21(13-16-25)32-28-9-5-8-26(28)27-7-2-4-11-30(27)36-32/h1-8,10-19,26,28,32,36H,9,20H2/t26-,28-,32-/m0/s1. The van der Waals surface area contributed by atoms with Crippen molar-refractivity contribution in [2.75, 3.05) is 5.32 Å². The van der Waals surface area contributed by atoms with Crippen molar-refractivity contribution >= 4 is 33.5 Å². The summed E-state index contributed by atoms with van der Waals surface area (Å²) < 4.78 is 20.9. The van der Waals surface area contributed by atoms with Gasteiger partial charge in [-0.2, -0.15) is 0 Å². The Kier molecular flexibility index (Phi) is 6.62. The summed E-state index contributed by atoms with van der Waals surface area (Å²) in [7, 11) is 0. The number of ether oxygens (including phenoxy) is 1. The predicted molar refractivity (Wildman–Crippen MR) is 151 cm³/mol. The fraction of sp³-hybridized carbons (Fsp3) is 0.156. The Hall–Kier alpha value is -3.70. The van der Waals surface area contributed by atoms with Crippen LogP contribution in [-0.4, -0.2) is 6.21 Å². The number of hydrogen-bond donors (Lipinski definition) is 1. The van der Waals surface area contributed by atoms with Crippen molar-refractivity contribution in [1.29, 1.82) is 0 Å². The molecule has 0 radical (unpaired) electrons. The number of halogens is 2. The Balaban J connectivity index is 1.19. The maximum absolute atomic E-state index is 14.0. The van der Waals surface area contributed by atoms with E-state index in [4.69, 9.17) is 9.73 Å². The van der Waals surface area contributed by atoms with Gasteiger partial charge in [0.2, 0.25) is 0 Å². The molecule has 1 heterocycles. The molecule has 1 N–H and O–H groups in total. The van der Waals surface area contributed by atoms with Gasteiger partial charge in [0.25, 0.3) is 0 Å². The first-order valence-corrected chi connectivity index (χ1v) is 13.3. The molecule has 2 aliphatic rings. The highest BCUT2D eigenvalue weighted by Gasteiger charge is 2.37. The summed E-state index contributed by atoms with van der Waals surface area (Å²) in [6, 6.07) is 29.7. The van der Waals surface area contributed by atoms with Crippen LogP contribution in [0, 0.1) is 11.7 Å². The lowest BCUT2D eigenvalue weighted by Gasteiger charge is -2.37. The van der Waals surface area contributed by atoms with Crippen LogP contribution in [0.3, 0.4) is 0 Å². The molecule has 1 aliphatic carbocycles. The molecule has 0 fully saturated rings. The Morgan fingerprint density at radius 1 is 0.973 bits per heavy atom. The average molecular weight is 553 g/mol. The van der Waals surface area contributed by atoms with Gasteiger partial charge in [-0.25, -0.2) is 4.39 Å². The van der Waals surface area contributed by atoms with Crippen LogP contribution < -0.4 is 10.1 Å². The van der Waals surface area contributed by atoms with Crippen LogP contribution in [0.4, 0.5) is 15.8 Å². The number of nitrogens with one attached hydrogen (secondary N) is 1. The molecular formula is C32H26BrFN2O. The van der Waals surface area contributed by atoms with Gasteiger partial charge in [0.05, 0.1) is 11.7 Å². The molecule has 0 saturated heterocycles. The van der Waals surface area contributed by atoms with Crippen molar-refractivity contribution in [2.24, 2.45) is 10.9 Å². The smallest absolute Gasteiger partial charge is 0.129 e. The van der Waals surface area contributed by atoms with Gasteiger partial charge in [0, 0.05) is 33.4 Å². The summed E-state index contributed by atoms with van der Waals surface area (Å²) in [5.41, 5.74) is 6.08. The monoisotopic (exact) mass is 552 g/mol. The van der Waals surface area contributed by atoms with Crippen molar-refractivity contribution in [1.82, 2.24) is 0 Å². The molecule has 0 unspecified atom stereocenters. The van der Waals surface area contributed by atoms with Gasteiger partial charge < -0.3 is 10.1 Å². The maximum Gasteiger partial charge on any atom is 0.129 e. The molecule has 37 heavy (non-hydrogen) atoms. The Bertz CT molecular complexity index is 1480. The van der Waals surface area contributed by atoms with Crippen LogP contribution >= 0.6 is 15.9 Å². The number of aliphatic imine (C=N–C) groups is 1. The molecule has 0 bridgehead atoms. The van der Waals surface area contributed by atoms with Crippen molar-refractivity contribution in [3.63, 3.8) is 0 Å². The van der Waals surface area contributed by atoms with Crippen LogP contribution in [0.25, 0.3) is 0 Å². The first-order valence-electron chi connectivity index (χ1n) is 12.5. The van der Waals surface area contributed by atoms with Crippen molar-refractivity contribution < 1.29 is 9.13 Å². The summed E-state index contributed by atoms with van der Waals surface area (Å²) in [5, 5.41) is 3.78. The average Bonchev–Trinajstić information content (AvgIpc) is 3.43. The molecule has 5 heteroatoms. The zero-order chi connectivity index (χ0) is 25.2. The lowest BCUT2D eigenvalue weighted by atomic mass is 9.77. The molecule has 3 nitrogen and oxygen atoms in total. The van der Waals surface area contributed by atoms with Crippen LogP contribution in [0.5, 0.6) is 5.75 Å². The minimum Gasteiger partial charge on any atom is -0.488 e. The summed E-state index contributed by atoms with van der Waals surface area (Å²) >= 11 is 3.53. The van der Waals surface area contributed by atoms with Crippen LogP contribution in [0.2, 0.25) is 0 Å². The van der Waals surface area contributed by atoms with Gasteiger partial charge >= 0.3 is 0 Å². The van der Waals surface area contributed by atoms with E-state index in [1.165, 1.54) is 22.9 Å². The summed E-state index contributed by atoms with van der Waals surface area (Å²) in [6.07, 6.45) is 7.55. The molecule has 3 atom stereocenters. The van der Waals surface area contributed by atoms with Gasteiger partial charge in [-0.05, 0) is 65.9 Å². The van der Waals surface area contributed by atoms with Gasteiger partial charge in [-0.15, -0.1) is 0 Å². The van der Waals surface area contributed by atoms with Gasteiger partial charge in [0.1, 0.15) is 18.2 Å². The third-order valence-electron chi connectivity index (χ3n) is 7.19. The van der Waals surface area contributed by atoms with E-state index >= 15 is 0 Å². The third kappa shape index (κ3) is 4.96. The molecule has 0 spiro atoms. The second-order valence-corrected chi connectivity index (χ2v) is 10.4. The Labute approximate surface area is 224 Å². The number of hydrogen-bond acceptors (Lipinski definition) is 3. The number of fused-ring (bicyclic) bond motifs is 3. The minimum atomic E-state index is -0.273. The Morgan fingerprint density at radius 3 is 2.65 bits per heavy atom. The first kappa shape index (κ1) is 23.7. The number of benzene rings is 4. The van der Waals surface area contributed by atoms with E-state index in [1.807, 2.05) is 18.2 Å². The number of anilines is 1. The SMILES string of the molecule is Fc1ccccc1COc1ccc(Br)cc1C=Nc1ccc([C@@H]2Nc3ccccc3[C@@H]3C=CC[C@@H]32)cc1. The number of nitrogens with zero attached hydrogens (tertiary/aromatic N) is 1. The fourth-order valence-electron chi connectivity index (χ4n) is 5.31. The highest BCUT2D eigenvalue weighted by molar-refractivity contribution is 9.10. The molecule has 1 aliphatic heterocycles. The van der Waals surface area contributed by atoms with Crippen molar-refractivity contribution in [3.05, 3.63) is 136 Å². The molecule has 184 valence electrons. The molecule has 4 aromatic carbocycles. The van der Waals surface area contributed by atoms with E-state index in [-0.39, 0.29) is 18.5 Å². The summed E-state index contributed by atoms with van der Waals surface area (Å²) in [5.74, 6) is 1.35.